The molecule has 1 amide bonds. The first-order valence-electron chi connectivity index (χ1n) is 8.43. The van der Waals surface area contributed by atoms with Crippen molar-refractivity contribution >= 4 is 5.91 Å². The number of nitrogens with one attached hydrogen (secondary N) is 2. The van der Waals surface area contributed by atoms with Gasteiger partial charge in [0.15, 0.2) is 0 Å². The quantitative estimate of drug-likeness (QED) is 0.741. The minimum absolute atomic E-state index is 0.0218. The molecule has 2 aromatic heterocycles. The molecule has 0 unspecified atom stereocenters. The number of nitrogens with zero attached hydrogens (tertiary/aromatic N) is 2. The summed E-state index contributed by atoms with van der Waals surface area (Å²) >= 11 is 0. The van der Waals surface area contributed by atoms with E-state index in [1.807, 2.05) is 50.2 Å². The number of carbonyl (C=O) groups excluding carboxylic acids is 1. The van der Waals surface area contributed by atoms with E-state index < -0.39 is 0 Å². The second-order valence-electron chi connectivity index (χ2n) is 6.09. The standard InChI is InChI=1S/C20H22N4O/c1-4-18(15-9-11-21-12-10-15)24-20(25)17-7-5-16(6-8-17)19-13(2)22-14(3)23-19/h5-12,18H,4H2,1-3H3,(H,22,23)(H,24,25)/t18-/m1/s1. The third-order valence-electron chi connectivity index (χ3n) is 4.25. The third kappa shape index (κ3) is 3.76. The molecule has 1 atom stereocenters. The van der Waals surface area contributed by atoms with E-state index in [4.69, 9.17) is 0 Å². The van der Waals surface area contributed by atoms with Crippen molar-refractivity contribution in [2.75, 3.05) is 0 Å². The van der Waals surface area contributed by atoms with E-state index in [9.17, 15) is 4.79 Å². The van der Waals surface area contributed by atoms with Crippen LogP contribution in [0.25, 0.3) is 11.3 Å². The average molecular weight is 334 g/mol. The van der Waals surface area contributed by atoms with Gasteiger partial charge in [-0.3, -0.25) is 9.78 Å². The molecule has 0 fully saturated rings. The van der Waals surface area contributed by atoms with E-state index >= 15 is 0 Å². The summed E-state index contributed by atoms with van der Waals surface area (Å²) in [5.41, 5.74) is 4.65. The van der Waals surface area contributed by atoms with Crippen molar-refractivity contribution in [2.24, 2.45) is 0 Å². The number of carbonyl (C=O) groups is 1. The molecule has 3 aromatic rings. The lowest BCUT2D eigenvalue weighted by Crippen LogP contribution is -2.28. The number of hydrogen-bond acceptors (Lipinski definition) is 3. The van der Waals surface area contributed by atoms with Gasteiger partial charge in [0.25, 0.3) is 5.91 Å². The highest BCUT2D eigenvalue weighted by Crippen LogP contribution is 2.22. The predicted molar refractivity (Wildman–Crippen MR) is 98.2 cm³/mol. The first-order valence-corrected chi connectivity index (χ1v) is 8.43. The van der Waals surface area contributed by atoms with E-state index in [0.29, 0.717) is 5.56 Å². The van der Waals surface area contributed by atoms with Crippen molar-refractivity contribution in [3.63, 3.8) is 0 Å². The summed E-state index contributed by atoms with van der Waals surface area (Å²) in [4.78, 5) is 24.3. The largest absolute Gasteiger partial charge is 0.346 e. The Hall–Kier alpha value is -2.95. The molecule has 0 aliphatic heterocycles. The molecule has 0 radical (unpaired) electrons. The van der Waals surface area contributed by atoms with Crippen LogP contribution < -0.4 is 5.32 Å². The van der Waals surface area contributed by atoms with Gasteiger partial charge in [0.2, 0.25) is 0 Å². The van der Waals surface area contributed by atoms with Gasteiger partial charge in [-0.15, -0.1) is 0 Å². The summed E-state index contributed by atoms with van der Waals surface area (Å²) in [5.74, 6) is 0.808. The highest BCUT2D eigenvalue weighted by atomic mass is 16.1. The lowest BCUT2D eigenvalue weighted by Gasteiger charge is -2.17. The van der Waals surface area contributed by atoms with Crippen molar-refractivity contribution in [2.45, 2.75) is 33.2 Å². The van der Waals surface area contributed by atoms with E-state index in [1.54, 1.807) is 12.4 Å². The molecule has 0 saturated carbocycles. The number of pyridine rings is 1. The fourth-order valence-electron chi connectivity index (χ4n) is 2.93. The number of imidazole rings is 1. The SMILES string of the molecule is CC[C@@H](NC(=O)c1ccc(-c2nc(C)[nH]c2C)cc1)c1ccncc1. The van der Waals surface area contributed by atoms with Crippen LogP contribution in [0.3, 0.4) is 0 Å². The maximum atomic E-state index is 12.6. The summed E-state index contributed by atoms with van der Waals surface area (Å²) in [5, 5.41) is 3.09. The smallest absolute Gasteiger partial charge is 0.251 e. The number of benzene rings is 1. The zero-order valence-corrected chi connectivity index (χ0v) is 14.7. The molecule has 0 aliphatic carbocycles. The van der Waals surface area contributed by atoms with Crippen LogP contribution in [0.2, 0.25) is 0 Å². The number of amides is 1. The van der Waals surface area contributed by atoms with Crippen molar-refractivity contribution in [3.8, 4) is 11.3 Å². The molecule has 2 heterocycles. The van der Waals surface area contributed by atoms with E-state index in [2.05, 4.69) is 27.2 Å². The fourth-order valence-corrected chi connectivity index (χ4v) is 2.93. The fraction of sp³-hybridized carbons (Fsp3) is 0.250. The molecule has 128 valence electrons. The van der Waals surface area contributed by atoms with Gasteiger partial charge < -0.3 is 10.3 Å². The molecule has 5 nitrogen and oxygen atoms in total. The monoisotopic (exact) mass is 334 g/mol. The Morgan fingerprint density at radius 3 is 2.36 bits per heavy atom. The van der Waals surface area contributed by atoms with Crippen LogP contribution in [0, 0.1) is 13.8 Å². The Labute approximate surface area is 147 Å². The minimum atomic E-state index is -0.0786. The topological polar surface area (TPSA) is 70.7 Å². The number of rotatable bonds is 5. The zero-order valence-electron chi connectivity index (χ0n) is 14.7. The molecule has 0 bridgehead atoms. The van der Waals surface area contributed by atoms with Crippen LogP contribution in [0.5, 0.6) is 0 Å². The zero-order chi connectivity index (χ0) is 17.8. The summed E-state index contributed by atoms with van der Waals surface area (Å²) < 4.78 is 0. The third-order valence-corrected chi connectivity index (χ3v) is 4.25. The van der Waals surface area contributed by atoms with Gasteiger partial charge in [0, 0.05) is 29.2 Å². The van der Waals surface area contributed by atoms with Gasteiger partial charge in [-0.1, -0.05) is 19.1 Å². The van der Waals surface area contributed by atoms with Crippen LogP contribution >= 0.6 is 0 Å². The van der Waals surface area contributed by atoms with Gasteiger partial charge >= 0.3 is 0 Å². The summed E-state index contributed by atoms with van der Waals surface area (Å²) in [7, 11) is 0. The lowest BCUT2D eigenvalue weighted by atomic mass is 10.0. The van der Waals surface area contributed by atoms with Crippen LogP contribution in [0.15, 0.2) is 48.8 Å². The van der Waals surface area contributed by atoms with Gasteiger partial charge in [0.05, 0.1) is 11.7 Å². The van der Waals surface area contributed by atoms with Crippen LogP contribution in [0.4, 0.5) is 0 Å². The number of aryl methyl sites for hydroxylation is 2. The van der Waals surface area contributed by atoms with Gasteiger partial charge in [-0.2, -0.15) is 0 Å². The highest BCUT2D eigenvalue weighted by Gasteiger charge is 2.14. The molecule has 0 saturated heterocycles. The molecule has 0 spiro atoms. The van der Waals surface area contributed by atoms with Crippen LogP contribution in [-0.4, -0.2) is 20.9 Å². The molecule has 5 heteroatoms. The molecule has 1 aromatic carbocycles. The van der Waals surface area contributed by atoms with Crippen molar-refractivity contribution < 1.29 is 4.79 Å². The first kappa shape index (κ1) is 16.9. The Kier molecular flexibility index (Phi) is 4.93. The van der Waals surface area contributed by atoms with E-state index in [-0.39, 0.29) is 11.9 Å². The second-order valence-corrected chi connectivity index (χ2v) is 6.09. The Morgan fingerprint density at radius 2 is 1.80 bits per heavy atom. The molecule has 2 N–H and O–H groups in total. The molecule has 0 aliphatic rings. The van der Waals surface area contributed by atoms with Crippen molar-refractivity contribution in [1.82, 2.24) is 20.3 Å². The predicted octanol–water partition coefficient (Wildman–Crippen LogP) is 3.97. The van der Waals surface area contributed by atoms with Crippen LogP contribution in [0.1, 0.15) is 46.8 Å². The number of aromatic amines is 1. The van der Waals surface area contributed by atoms with E-state index in [1.165, 1.54) is 0 Å². The molecule has 25 heavy (non-hydrogen) atoms. The number of H-pyrrole nitrogens is 1. The van der Waals surface area contributed by atoms with Crippen molar-refractivity contribution in [3.05, 3.63) is 71.4 Å². The highest BCUT2D eigenvalue weighted by molar-refractivity contribution is 5.94. The summed E-state index contributed by atoms with van der Waals surface area (Å²) in [6, 6.07) is 11.4. The Bertz CT molecular complexity index is 853. The number of aromatic nitrogens is 3. The Morgan fingerprint density at radius 1 is 1.12 bits per heavy atom. The first-order chi connectivity index (χ1) is 12.1. The Balaban J connectivity index is 1.75. The van der Waals surface area contributed by atoms with Gasteiger partial charge in [-0.05, 0) is 50.1 Å². The lowest BCUT2D eigenvalue weighted by molar-refractivity contribution is 0.0935. The maximum absolute atomic E-state index is 12.6. The normalized spacial score (nSPS) is 12.0. The molecular weight excluding hydrogens is 312 g/mol. The van der Waals surface area contributed by atoms with Crippen LogP contribution in [-0.2, 0) is 0 Å². The molecule has 3 rings (SSSR count). The average Bonchev–Trinajstić information content (AvgIpc) is 2.98. The summed E-state index contributed by atoms with van der Waals surface area (Å²) in [6.07, 6.45) is 4.31. The van der Waals surface area contributed by atoms with Gasteiger partial charge in [0.1, 0.15) is 5.82 Å². The summed E-state index contributed by atoms with van der Waals surface area (Å²) in [6.45, 7) is 5.98. The molecular formula is C20H22N4O. The minimum Gasteiger partial charge on any atom is -0.346 e. The number of hydrogen-bond donors (Lipinski definition) is 2. The second kappa shape index (κ2) is 7.30. The maximum Gasteiger partial charge on any atom is 0.251 e. The van der Waals surface area contributed by atoms with Crippen molar-refractivity contribution in [1.29, 1.82) is 0 Å². The van der Waals surface area contributed by atoms with Gasteiger partial charge in [-0.25, -0.2) is 4.98 Å². The van der Waals surface area contributed by atoms with E-state index in [0.717, 1.165) is 34.8 Å².